The minimum absolute atomic E-state index is 0.00481. The summed E-state index contributed by atoms with van der Waals surface area (Å²) in [6, 6.07) is 4.39. The molecular weight excluding hydrogens is 532 g/mol. The number of hydrogen-bond acceptors (Lipinski definition) is 7. The van der Waals surface area contributed by atoms with Gasteiger partial charge in [0.25, 0.3) is 5.91 Å². The normalized spacial score (nSPS) is 14.0. The smallest absolute Gasteiger partial charge is 0.408 e. The van der Waals surface area contributed by atoms with Gasteiger partial charge in [-0.1, -0.05) is 78.8 Å². The van der Waals surface area contributed by atoms with Crippen molar-refractivity contribution in [3.63, 3.8) is 0 Å². The molecule has 4 atom stereocenters. The number of carbonyl (C=O) groups is 6. The van der Waals surface area contributed by atoms with E-state index in [1.165, 1.54) is 0 Å². The van der Waals surface area contributed by atoms with Crippen LogP contribution in [0, 0.1) is 17.8 Å². The zero-order chi connectivity index (χ0) is 31.3. The van der Waals surface area contributed by atoms with Gasteiger partial charge < -0.3 is 31.1 Å². The summed E-state index contributed by atoms with van der Waals surface area (Å²) < 4.78 is 5.19. The largest absolute Gasteiger partial charge is 0.480 e. The monoisotopic (exact) mass is 576 g/mol. The Morgan fingerprint density at radius 2 is 1.34 bits per heavy atom. The molecule has 1 aromatic carbocycles. The lowest BCUT2D eigenvalue weighted by Gasteiger charge is -2.26. The molecule has 4 amide bonds. The topological polar surface area (TPSA) is 180 Å². The molecule has 12 heteroatoms. The molecule has 1 rings (SSSR count). The van der Waals surface area contributed by atoms with E-state index in [2.05, 4.69) is 21.3 Å². The number of alkyl carbamates (subject to hydrolysis) is 1. The molecule has 1 unspecified atom stereocenters. The van der Waals surface area contributed by atoms with Gasteiger partial charge in [-0.25, -0.2) is 9.59 Å². The van der Waals surface area contributed by atoms with Crippen molar-refractivity contribution >= 4 is 35.6 Å². The van der Waals surface area contributed by atoms with Gasteiger partial charge in [0.15, 0.2) is 0 Å². The number of amides is 4. The molecule has 0 radical (unpaired) electrons. The van der Waals surface area contributed by atoms with E-state index in [0.717, 1.165) is 5.56 Å². The molecule has 0 saturated carbocycles. The maximum absolute atomic E-state index is 13.0. The number of carbonyl (C=O) groups excluding carboxylic acids is 5. The molecule has 0 aliphatic carbocycles. The van der Waals surface area contributed by atoms with E-state index >= 15 is 0 Å². The maximum atomic E-state index is 13.0. The summed E-state index contributed by atoms with van der Waals surface area (Å²) in [6.45, 7) is 11.9. The summed E-state index contributed by atoms with van der Waals surface area (Å²) >= 11 is 0. The lowest BCUT2D eigenvalue weighted by molar-refractivity contribution is -0.144. The Labute approximate surface area is 241 Å². The number of aliphatic carboxylic acids is 1. The van der Waals surface area contributed by atoms with Crippen LogP contribution in [0.2, 0.25) is 0 Å². The Morgan fingerprint density at radius 1 is 0.756 bits per heavy atom. The van der Waals surface area contributed by atoms with Gasteiger partial charge in [-0.15, -0.1) is 0 Å². The molecule has 0 aliphatic rings. The summed E-state index contributed by atoms with van der Waals surface area (Å²) in [4.78, 5) is 75.6. The van der Waals surface area contributed by atoms with Crippen LogP contribution in [0.5, 0.6) is 0 Å². The van der Waals surface area contributed by atoms with Crippen LogP contribution in [-0.4, -0.2) is 64.8 Å². The first-order valence-electron chi connectivity index (χ1n) is 13.8. The molecule has 0 fully saturated rings. The highest BCUT2D eigenvalue weighted by atomic mass is 16.5. The van der Waals surface area contributed by atoms with Crippen LogP contribution in [0.25, 0.3) is 0 Å². The van der Waals surface area contributed by atoms with Crippen LogP contribution < -0.4 is 21.3 Å². The third-order valence-electron chi connectivity index (χ3n) is 6.26. The van der Waals surface area contributed by atoms with Crippen molar-refractivity contribution < 1.29 is 38.6 Å². The Kier molecular flexibility index (Phi) is 14.5. The molecule has 0 heterocycles. The first kappa shape index (κ1) is 35.1. The van der Waals surface area contributed by atoms with Crippen molar-refractivity contribution in [2.24, 2.45) is 17.8 Å². The van der Waals surface area contributed by atoms with Crippen LogP contribution in [0.1, 0.15) is 66.9 Å². The molecule has 1 aromatic rings. The fraction of sp³-hybridized carbons (Fsp3) is 0.586. The van der Waals surface area contributed by atoms with Crippen molar-refractivity contribution in [3.8, 4) is 0 Å². The third kappa shape index (κ3) is 12.0. The van der Waals surface area contributed by atoms with Crippen LogP contribution in [0.4, 0.5) is 4.79 Å². The van der Waals surface area contributed by atoms with Gasteiger partial charge in [0.05, 0.1) is 6.04 Å². The van der Waals surface area contributed by atoms with Crippen molar-refractivity contribution in [1.29, 1.82) is 0 Å². The third-order valence-corrected chi connectivity index (χ3v) is 6.26. The SMILES string of the molecule is CCC(NC(=O)[C@@H](NC(=O)OCc1ccccc1)C(C)C)C(=O)C(=O)N[C@H](CC(C)C)C(=O)N[C@H](C(=O)O)C(C)C. The van der Waals surface area contributed by atoms with E-state index in [0.29, 0.717) is 0 Å². The highest BCUT2D eigenvalue weighted by Crippen LogP contribution is 2.10. The van der Waals surface area contributed by atoms with Crippen molar-refractivity contribution in [1.82, 2.24) is 21.3 Å². The number of hydrogen-bond donors (Lipinski definition) is 5. The highest BCUT2D eigenvalue weighted by Gasteiger charge is 2.34. The second kappa shape index (κ2) is 17.0. The maximum Gasteiger partial charge on any atom is 0.408 e. The lowest BCUT2D eigenvalue weighted by Crippen LogP contribution is -2.58. The van der Waals surface area contributed by atoms with E-state index in [-0.39, 0.29) is 31.3 Å². The predicted octanol–water partition coefficient (Wildman–Crippen LogP) is 2.16. The average Bonchev–Trinajstić information content (AvgIpc) is 2.90. The molecule has 0 bridgehead atoms. The first-order chi connectivity index (χ1) is 19.2. The Balaban J connectivity index is 2.89. The molecule has 228 valence electrons. The Hall–Kier alpha value is -3.96. The van der Waals surface area contributed by atoms with Crippen molar-refractivity contribution in [2.45, 2.75) is 92.1 Å². The van der Waals surface area contributed by atoms with Gasteiger partial charge in [0.2, 0.25) is 17.6 Å². The van der Waals surface area contributed by atoms with Gasteiger partial charge in [-0.3, -0.25) is 19.2 Å². The number of Topliss-reactive ketones (excluding diaryl/α,β-unsaturated/α-hetero) is 1. The standard InChI is InChI=1S/C29H44N4O8/c1-8-20(30-26(36)22(17(4)5)33-29(40)41-15-19-12-10-9-11-13-19)24(34)27(37)31-21(14-16(2)3)25(35)32-23(18(6)7)28(38)39/h9-13,16-18,20-23H,8,14-15H2,1-7H3,(H,30,36)(H,31,37)(H,32,35)(H,33,40)(H,38,39)/t20?,21-,22+,23+/m1/s1. The summed E-state index contributed by atoms with van der Waals surface area (Å²) in [7, 11) is 0. The van der Waals surface area contributed by atoms with E-state index < -0.39 is 65.7 Å². The average molecular weight is 577 g/mol. The van der Waals surface area contributed by atoms with Gasteiger partial charge in [0, 0.05) is 0 Å². The molecular formula is C29H44N4O8. The van der Waals surface area contributed by atoms with E-state index in [4.69, 9.17) is 4.74 Å². The molecule has 41 heavy (non-hydrogen) atoms. The van der Waals surface area contributed by atoms with Crippen molar-refractivity contribution in [3.05, 3.63) is 35.9 Å². The number of rotatable bonds is 16. The van der Waals surface area contributed by atoms with Crippen LogP contribution in [0.15, 0.2) is 30.3 Å². The summed E-state index contributed by atoms with van der Waals surface area (Å²) in [5.41, 5.74) is 0.767. The van der Waals surface area contributed by atoms with Gasteiger partial charge in [-0.2, -0.15) is 0 Å². The highest BCUT2D eigenvalue weighted by molar-refractivity contribution is 6.38. The van der Waals surface area contributed by atoms with Gasteiger partial charge in [0.1, 0.15) is 24.7 Å². The second-order valence-corrected chi connectivity index (χ2v) is 11.0. The molecule has 0 saturated heterocycles. The predicted molar refractivity (Wildman–Crippen MR) is 151 cm³/mol. The molecule has 12 nitrogen and oxygen atoms in total. The first-order valence-corrected chi connectivity index (χ1v) is 13.8. The second-order valence-electron chi connectivity index (χ2n) is 11.0. The molecule has 5 N–H and O–H groups in total. The number of carboxylic acids is 1. The fourth-order valence-corrected chi connectivity index (χ4v) is 3.90. The van der Waals surface area contributed by atoms with E-state index in [1.54, 1.807) is 58.9 Å². The number of benzene rings is 1. The summed E-state index contributed by atoms with van der Waals surface area (Å²) in [5.74, 6) is -5.54. The zero-order valence-electron chi connectivity index (χ0n) is 24.9. The minimum Gasteiger partial charge on any atom is -0.480 e. The Morgan fingerprint density at radius 3 is 1.83 bits per heavy atom. The van der Waals surface area contributed by atoms with Gasteiger partial charge >= 0.3 is 12.1 Å². The van der Waals surface area contributed by atoms with E-state index in [9.17, 15) is 33.9 Å². The number of nitrogens with one attached hydrogen (secondary N) is 4. The lowest BCUT2D eigenvalue weighted by atomic mass is 9.99. The van der Waals surface area contributed by atoms with Crippen LogP contribution >= 0.6 is 0 Å². The number of ketones is 1. The number of carboxylic acid groups (broad SMARTS) is 1. The fourth-order valence-electron chi connectivity index (χ4n) is 3.90. The summed E-state index contributed by atoms with van der Waals surface area (Å²) in [5, 5.41) is 19.2. The van der Waals surface area contributed by atoms with Crippen molar-refractivity contribution in [2.75, 3.05) is 0 Å². The quantitative estimate of drug-likeness (QED) is 0.186. The van der Waals surface area contributed by atoms with Crippen LogP contribution in [-0.2, 0) is 35.3 Å². The molecule has 0 spiro atoms. The summed E-state index contributed by atoms with van der Waals surface area (Å²) in [6.07, 6.45) is -0.594. The molecule has 0 aromatic heterocycles. The Bertz CT molecular complexity index is 1060. The number of ether oxygens (including phenoxy) is 1. The zero-order valence-corrected chi connectivity index (χ0v) is 24.9. The molecule has 0 aliphatic heterocycles. The van der Waals surface area contributed by atoms with E-state index in [1.807, 2.05) is 19.9 Å². The minimum atomic E-state index is -1.23. The van der Waals surface area contributed by atoms with Gasteiger partial charge in [-0.05, 0) is 36.2 Å². The van der Waals surface area contributed by atoms with Crippen LogP contribution in [0.3, 0.4) is 0 Å².